The molecule has 33 heavy (non-hydrogen) atoms. The molecule has 0 spiro atoms. The van der Waals surface area contributed by atoms with Gasteiger partial charge in [0.25, 0.3) is 5.56 Å². The predicted molar refractivity (Wildman–Crippen MR) is 124 cm³/mol. The van der Waals surface area contributed by atoms with Crippen LogP contribution in [0.1, 0.15) is 41.4 Å². The molecule has 0 saturated carbocycles. The van der Waals surface area contributed by atoms with E-state index in [1.807, 2.05) is 18.2 Å². The van der Waals surface area contributed by atoms with Gasteiger partial charge in [0, 0.05) is 28.3 Å². The maximum Gasteiger partial charge on any atom is 0.270 e. The average Bonchev–Trinajstić information content (AvgIpc) is 3.19. The van der Waals surface area contributed by atoms with Crippen LogP contribution in [0.2, 0.25) is 5.02 Å². The van der Waals surface area contributed by atoms with Crippen molar-refractivity contribution >= 4 is 23.2 Å². The van der Waals surface area contributed by atoms with Crippen molar-refractivity contribution in [2.75, 3.05) is 19.5 Å². The third-order valence-electron chi connectivity index (χ3n) is 6.36. The number of aromatic nitrogens is 2. The van der Waals surface area contributed by atoms with Crippen LogP contribution >= 0.6 is 11.6 Å². The molecule has 2 aromatic carbocycles. The second-order valence-electron chi connectivity index (χ2n) is 8.16. The molecule has 1 aliphatic heterocycles. The van der Waals surface area contributed by atoms with Crippen LogP contribution in [-0.4, -0.2) is 35.3 Å². The van der Waals surface area contributed by atoms with Gasteiger partial charge >= 0.3 is 0 Å². The topological polar surface area (TPSA) is 116 Å². The Balaban J connectivity index is 1.61. The highest BCUT2D eigenvalue weighted by Crippen LogP contribution is 2.49. The number of carbonyl (C=O) groups excluding carboxylic acids is 1. The number of carbonyl (C=O) groups is 1. The van der Waals surface area contributed by atoms with Crippen LogP contribution in [0, 0.1) is 0 Å². The summed E-state index contributed by atoms with van der Waals surface area (Å²) in [6, 6.07) is 10.3. The van der Waals surface area contributed by atoms with Crippen molar-refractivity contribution in [3.63, 3.8) is 0 Å². The molecule has 9 heteroatoms. The first-order valence-electron chi connectivity index (χ1n) is 10.4. The van der Waals surface area contributed by atoms with Crippen LogP contribution in [0.4, 0.5) is 5.82 Å². The van der Waals surface area contributed by atoms with Gasteiger partial charge in [-0.1, -0.05) is 17.7 Å². The molecule has 0 radical (unpaired) electrons. The second kappa shape index (κ2) is 8.04. The Kier molecular flexibility index (Phi) is 5.17. The van der Waals surface area contributed by atoms with E-state index < -0.39 is 5.92 Å². The summed E-state index contributed by atoms with van der Waals surface area (Å²) in [5, 5.41) is 19.7. The van der Waals surface area contributed by atoms with Crippen molar-refractivity contribution in [3.8, 4) is 17.2 Å². The van der Waals surface area contributed by atoms with Gasteiger partial charge in [0.15, 0.2) is 17.3 Å². The summed E-state index contributed by atoms with van der Waals surface area (Å²) in [7, 11) is 3.15. The maximum atomic E-state index is 13.5. The predicted octanol–water partition coefficient (Wildman–Crippen LogP) is 4.04. The third-order valence-corrected chi connectivity index (χ3v) is 6.59. The van der Waals surface area contributed by atoms with Crippen LogP contribution in [0.25, 0.3) is 0 Å². The normalized spacial score (nSPS) is 19.5. The highest BCUT2D eigenvalue weighted by atomic mass is 35.5. The number of fused-ring (bicyclic) bond motifs is 1. The van der Waals surface area contributed by atoms with Gasteiger partial charge in [-0.15, -0.1) is 0 Å². The number of methoxy groups -OCH3 is 2. The summed E-state index contributed by atoms with van der Waals surface area (Å²) in [4.78, 5) is 26.2. The molecule has 170 valence electrons. The Labute approximate surface area is 194 Å². The zero-order chi connectivity index (χ0) is 23.3. The Hall–Kier alpha value is -3.65. The number of aromatic hydroxyl groups is 1. The van der Waals surface area contributed by atoms with Gasteiger partial charge in [-0.05, 0) is 48.2 Å². The van der Waals surface area contributed by atoms with E-state index in [1.54, 1.807) is 26.4 Å². The molecule has 0 amide bonds. The van der Waals surface area contributed by atoms with Crippen LogP contribution in [0.15, 0.2) is 52.5 Å². The van der Waals surface area contributed by atoms with Crippen LogP contribution < -0.4 is 20.3 Å². The van der Waals surface area contributed by atoms with Gasteiger partial charge in [0.1, 0.15) is 11.6 Å². The number of Topliss-reactive ketones (excluding diaryl/α,β-unsaturated/α-hetero) is 1. The molecule has 8 nitrogen and oxygen atoms in total. The number of ether oxygens (including phenoxy) is 2. The first-order chi connectivity index (χ1) is 15.9. The average molecular weight is 468 g/mol. The van der Waals surface area contributed by atoms with Crippen molar-refractivity contribution < 1.29 is 19.4 Å². The first-order valence-corrected chi connectivity index (χ1v) is 10.8. The molecule has 2 atom stereocenters. The molecule has 5 rings (SSSR count). The number of halogens is 1. The fraction of sp³-hybridized carbons (Fsp3) is 0.250. The van der Waals surface area contributed by atoms with E-state index in [0.29, 0.717) is 51.2 Å². The number of hydrogen-bond donors (Lipinski definition) is 4. The van der Waals surface area contributed by atoms with Gasteiger partial charge in [-0.3, -0.25) is 19.8 Å². The number of nitrogens with one attached hydrogen (secondary N) is 3. The van der Waals surface area contributed by atoms with E-state index in [1.165, 1.54) is 6.07 Å². The van der Waals surface area contributed by atoms with Gasteiger partial charge < -0.3 is 19.9 Å². The lowest BCUT2D eigenvalue weighted by molar-refractivity contribution is -0.116. The fourth-order valence-electron chi connectivity index (χ4n) is 4.83. The number of rotatable bonds is 4. The van der Waals surface area contributed by atoms with Crippen molar-refractivity contribution in [2.45, 2.75) is 24.7 Å². The molecular formula is C24H22ClN3O5. The first kappa shape index (κ1) is 21.2. The number of H-pyrrole nitrogens is 2. The molecule has 2 heterocycles. The van der Waals surface area contributed by atoms with Crippen molar-refractivity contribution in [1.82, 2.24) is 10.2 Å². The number of benzene rings is 2. The van der Waals surface area contributed by atoms with Crippen LogP contribution in [0.5, 0.6) is 17.2 Å². The number of aromatic amines is 2. The van der Waals surface area contributed by atoms with Crippen molar-refractivity contribution in [3.05, 3.63) is 79.7 Å². The van der Waals surface area contributed by atoms with E-state index in [2.05, 4.69) is 15.5 Å². The Morgan fingerprint density at radius 1 is 1.00 bits per heavy atom. The monoisotopic (exact) mass is 467 g/mol. The molecule has 4 N–H and O–H groups in total. The largest absolute Gasteiger partial charge is 0.508 e. The molecule has 0 unspecified atom stereocenters. The lowest BCUT2D eigenvalue weighted by Gasteiger charge is -2.35. The molecular weight excluding hydrogens is 446 g/mol. The summed E-state index contributed by atoms with van der Waals surface area (Å²) < 4.78 is 10.8. The highest BCUT2D eigenvalue weighted by Gasteiger charge is 2.41. The highest BCUT2D eigenvalue weighted by molar-refractivity contribution is 6.30. The second-order valence-corrected chi connectivity index (χ2v) is 8.60. The van der Waals surface area contributed by atoms with Gasteiger partial charge in [-0.25, -0.2) is 0 Å². The lowest BCUT2D eigenvalue weighted by atomic mass is 9.72. The standard InChI is InChI=1S/C24H22ClN3O5/c1-32-18-6-3-11(9-19(18)33-2)12-7-15-21(17(30)8-12)20(14-10-13(25)4-5-16(14)29)22-23(26-15)27-28-24(22)31/h3-6,9-10,12,20,29H,7-8H2,1-2H3,(H3,26,27,28,31)/t12-,20-/m1/s1. The minimum Gasteiger partial charge on any atom is -0.508 e. The number of anilines is 1. The van der Waals surface area contributed by atoms with E-state index in [0.717, 1.165) is 5.56 Å². The summed E-state index contributed by atoms with van der Waals surface area (Å²) in [5.41, 5.74) is 2.54. The van der Waals surface area contributed by atoms with E-state index in [4.69, 9.17) is 21.1 Å². The fourth-order valence-corrected chi connectivity index (χ4v) is 5.01. The van der Waals surface area contributed by atoms with E-state index in [-0.39, 0.29) is 29.4 Å². The maximum absolute atomic E-state index is 13.5. The number of ketones is 1. The third kappa shape index (κ3) is 3.47. The summed E-state index contributed by atoms with van der Waals surface area (Å²) in [5.74, 6) is 0.735. The minimum absolute atomic E-state index is 0.0282. The Morgan fingerprint density at radius 2 is 1.79 bits per heavy atom. The number of allylic oxidation sites excluding steroid dienone is 2. The Morgan fingerprint density at radius 3 is 2.55 bits per heavy atom. The molecule has 0 bridgehead atoms. The lowest BCUT2D eigenvalue weighted by Crippen LogP contribution is -2.31. The van der Waals surface area contributed by atoms with E-state index >= 15 is 0 Å². The zero-order valence-corrected chi connectivity index (χ0v) is 18.7. The number of phenolic OH excluding ortho intramolecular Hbond substituents is 1. The van der Waals surface area contributed by atoms with Crippen LogP contribution in [-0.2, 0) is 4.79 Å². The quantitative estimate of drug-likeness (QED) is 0.460. The molecule has 1 aliphatic carbocycles. The van der Waals surface area contributed by atoms with Gasteiger partial charge in [0.05, 0.1) is 25.7 Å². The van der Waals surface area contributed by atoms with Gasteiger partial charge in [-0.2, -0.15) is 0 Å². The molecule has 1 aromatic heterocycles. The summed E-state index contributed by atoms with van der Waals surface area (Å²) >= 11 is 6.20. The van der Waals surface area contributed by atoms with Crippen molar-refractivity contribution in [2.24, 2.45) is 0 Å². The molecule has 2 aliphatic rings. The molecule has 3 aromatic rings. The van der Waals surface area contributed by atoms with E-state index in [9.17, 15) is 14.7 Å². The summed E-state index contributed by atoms with van der Waals surface area (Å²) in [6.07, 6.45) is 0.798. The van der Waals surface area contributed by atoms with Gasteiger partial charge in [0.2, 0.25) is 0 Å². The van der Waals surface area contributed by atoms with Crippen molar-refractivity contribution in [1.29, 1.82) is 0 Å². The zero-order valence-electron chi connectivity index (χ0n) is 18.0. The molecule has 0 fully saturated rings. The molecule has 0 saturated heterocycles. The summed E-state index contributed by atoms with van der Waals surface area (Å²) in [6.45, 7) is 0. The SMILES string of the molecule is COc1ccc([C@H]2CC(=O)C3=C(C2)Nc2[nH][nH]c(=O)c2[C@@H]3c2cc(Cl)ccc2O)cc1OC. The Bertz CT molecular complexity index is 1360. The minimum atomic E-state index is -0.733. The number of phenols is 1. The smallest absolute Gasteiger partial charge is 0.270 e. The number of hydrogen-bond acceptors (Lipinski definition) is 6. The van der Waals surface area contributed by atoms with Crippen LogP contribution in [0.3, 0.4) is 0 Å².